The molecule has 18 heavy (non-hydrogen) atoms. The quantitative estimate of drug-likeness (QED) is 0.611. The maximum Gasteiger partial charge on any atom is 1.00 e. The average molecular weight is 245 g/mol. The minimum absolute atomic E-state index is 0. The average Bonchev–Trinajstić information content (AvgIpc) is 2.38. The van der Waals surface area contributed by atoms with Gasteiger partial charge in [0, 0.05) is 11.1 Å². The summed E-state index contributed by atoms with van der Waals surface area (Å²) < 4.78 is 0. The van der Waals surface area contributed by atoms with E-state index in [-0.39, 0.29) is 40.7 Å². The number of carbonyl (C=O) groups is 1. The van der Waals surface area contributed by atoms with Crippen molar-refractivity contribution in [2.45, 2.75) is 0 Å². The van der Waals surface area contributed by atoms with E-state index in [2.05, 4.69) is 0 Å². The van der Waals surface area contributed by atoms with Crippen molar-refractivity contribution in [3.63, 3.8) is 0 Å². The Morgan fingerprint density at radius 1 is 1.06 bits per heavy atom. The van der Waals surface area contributed by atoms with E-state index in [1.807, 2.05) is 36.4 Å². The molecule has 0 aromatic heterocycles. The summed E-state index contributed by atoms with van der Waals surface area (Å²) in [5.41, 5.74) is 1.48. The van der Waals surface area contributed by atoms with Crippen LogP contribution in [0.3, 0.4) is 0 Å². The van der Waals surface area contributed by atoms with Gasteiger partial charge in [0.05, 0.1) is 11.5 Å². The molecular weight excluding hydrogens is 237 g/mol. The molecule has 82 valence electrons. The van der Waals surface area contributed by atoms with Crippen molar-refractivity contribution >= 4 is 5.97 Å². The molecule has 0 heterocycles. The first-order valence-corrected chi connectivity index (χ1v) is 5.04. The van der Waals surface area contributed by atoms with Crippen molar-refractivity contribution in [3.8, 4) is 17.2 Å². The summed E-state index contributed by atoms with van der Waals surface area (Å²) in [7, 11) is 0. The van der Waals surface area contributed by atoms with Crippen LogP contribution in [0.5, 0.6) is 0 Å². The number of carbonyl (C=O) groups excluding carboxylic acids is 1. The first kappa shape index (κ1) is 14.5. The molecule has 0 saturated heterocycles. The molecule has 0 aliphatic rings. The van der Waals surface area contributed by atoms with Crippen molar-refractivity contribution in [1.29, 1.82) is 5.26 Å². The van der Waals surface area contributed by atoms with Crippen LogP contribution in [0.4, 0.5) is 0 Å². The molecule has 0 radical (unpaired) electrons. The molecule has 2 aromatic carbocycles. The van der Waals surface area contributed by atoms with Gasteiger partial charge in [-0.1, -0.05) is 48.5 Å². The Labute approximate surface area is 127 Å². The Bertz CT molecular complexity index is 603. The Morgan fingerprint density at radius 3 is 2.28 bits per heavy atom. The summed E-state index contributed by atoms with van der Waals surface area (Å²) >= 11 is 0. The second kappa shape index (κ2) is 6.36. The molecule has 0 aliphatic heterocycles. The Kier molecular flexibility index (Phi) is 5.11. The number of nitriles is 1. The smallest absolute Gasteiger partial charge is 0.545 e. The van der Waals surface area contributed by atoms with Gasteiger partial charge in [-0.25, -0.2) is 0 Å². The van der Waals surface area contributed by atoms with Gasteiger partial charge in [-0.3, -0.25) is 0 Å². The second-order valence-corrected chi connectivity index (χ2v) is 3.49. The van der Waals surface area contributed by atoms with Gasteiger partial charge in [0.1, 0.15) is 6.07 Å². The second-order valence-electron chi connectivity index (χ2n) is 3.49. The molecule has 0 spiro atoms. The summed E-state index contributed by atoms with van der Waals surface area (Å²) in [5, 5.41) is 20.0. The molecular formula is C14H8NNaO2. The van der Waals surface area contributed by atoms with Crippen molar-refractivity contribution in [2.24, 2.45) is 0 Å². The van der Waals surface area contributed by atoms with Crippen LogP contribution in [-0.4, -0.2) is 5.97 Å². The zero-order valence-electron chi connectivity index (χ0n) is 9.88. The maximum absolute atomic E-state index is 10.9. The fraction of sp³-hybridized carbons (Fsp3) is 0. The van der Waals surface area contributed by atoms with E-state index in [0.29, 0.717) is 5.56 Å². The third-order valence-electron chi connectivity index (χ3n) is 2.48. The molecule has 4 heteroatoms. The van der Waals surface area contributed by atoms with Gasteiger partial charge in [-0.2, -0.15) is 5.26 Å². The minimum Gasteiger partial charge on any atom is -0.545 e. The van der Waals surface area contributed by atoms with E-state index < -0.39 is 5.97 Å². The van der Waals surface area contributed by atoms with Crippen LogP contribution in [0.1, 0.15) is 15.9 Å². The standard InChI is InChI=1S/C14H9NO2.Na/c15-9-13-11(10-5-2-1-3-6-10)7-4-8-12(13)14(16)17;/h1-8H,(H,16,17);/q;+1/p-1. The number of aromatic carboxylic acids is 1. The molecule has 0 fully saturated rings. The summed E-state index contributed by atoms with van der Waals surface area (Å²) in [6, 6.07) is 15.8. The first-order chi connectivity index (χ1) is 8.24. The number of hydrogen-bond acceptors (Lipinski definition) is 3. The van der Waals surface area contributed by atoms with Crippen molar-refractivity contribution in [2.75, 3.05) is 0 Å². The summed E-state index contributed by atoms with van der Waals surface area (Å²) in [4.78, 5) is 10.9. The third kappa shape index (κ3) is 2.80. The van der Waals surface area contributed by atoms with Crippen LogP contribution < -0.4 is 34.7 Å². The van der Waals surface area contributed by atoms with Gasteiger partial charge < -0.3 is 9.90 Å². The maximum atomic E-state index is 10.9. The van der Waals surface area contributed by atoms with Crippen LogP contribution in [0.25, 0.3) is 11.1 Å². The molecule has 0 unspecified atom stereocenters. The largest absolute Gasteiger partial charge is 1.00 e. The zero-order valence-corrected chi connectivity index (χ0v) is 11.9. The van der Waals surface area contributed by atoms with Crippen LogP contribution in [0.15, 0.2) is 48.5 Å². The number of nitrogens with zero attached hydrogens (tertiary/aromatic N) is 1. The van der Waals surface area contributed by atoms with Gasteiger partial charge >= 0.3 is 29.6 Å². The van der Waals surface area contributed by atoms with Crippen molar-refractivity contribution < 1.29 is 39.5 Å². The number of benzene rings is 2. The van der Waals surface area contributed by atoms with E-state index in [9.17, 15) is 9.90 Å². The Balaban J connectivity index is 0.00000162. The molecule has 3 nitrogen and oxygen atoms in total. The summed E-state index contributed by atoms with van der Waals surface area (Å²) in [5.74, 6) is -1.33. The van der Waals surface area contributed by atoms with E-state index in [1.165, 1.54) is 6.07 Å². The van der Waals surface area contributed by atoms with Gasteiger partial charge in [0.15, 0.2) is 0 Å². The number of hydrogen-bond donors (Lipinski definition) is 0. The van der Waals surface area contributed by atoms with Crippen LogP contribution in [-0.2, 0) is 0 Å². The normalized spacial score (nSPS) is 9.06. The SMILES string of the molecule is N#Cc1c(C(=O)[O-])cccc1-c1ccccc1.[Na+]. The Hall–Kier alpha value is -1.60. The molecule has 0 N–H and O–H groups in total. The predicted molar refractivity (Wildman–Crippen MR) is 60.9 cm³/mol. The topological polar surface area (TPSA) is 63.9 Å². The van der Waals surface area contributed by atoms with Gasteiger partial charge in [-0.15, -0.1) is 0 Å². The van der Waals surface area contributed by atoms with E-state index in [4.69, 9.17) is 5.26 Å². The number of carboxylic acid groups (broad SMARTS) is 1. The predicted octanol–water partition coefficient (Wildman–Crippen LogP) is -1.41. The molecule has 2 rings (SSSR count). The molecule has 0 aliphatic carbocycles. The van der Waals surface area contributed by atoms with Crippen LogP contribution in [0, 0.1) is 11.3 Å². The van der Waals surface area contributed by atoms with Crippen LogP contribution >= 0.6 is 0 Å². The molecule has 0 atom stereocenters. The van der Waals surface area contributed by atoms with Crippen LogP contribution in [0.2, 0.25) is 0 Å². The third-order valence-corrected chi connectivity index (χ3v) is 2.48. The van der Waals surface area contributed by atoms with Gasteiger partial charge in [-0.05, 0) is 5.56 Å². The molecule has 2 aromatic rings. The summed E-state index contributed by atoms with van der Waals surface area (Å²) in [6.45, 7) is 0. The van der Waals surface area contributed by atoms with E-state index in [1.54, 1.807) is 12.1 Å². The fourth-order valence-electron chi connectivity index (χ4n) is 1.70. The first-order valence-electron chi connectivity index (χ1n) is 5.04. The summed E-state index contributed by atoms with van der Waals surface area (Å²) in [6.07, 6.45) is 0. The monoisotopic (exact) mass is 245 g/mol. The fourth-order valence-corrected chi connectivity index (χ4v) is 1.70. The number of rotatable bonds is 2. The van der Waals surface area contributed by atoms with Crippen molar-refractivity contribution in [3.05, 3.63) is 59.7 Å². The Morgan fingerprint density at radius 2 is 1.72 bits per heavy atom. The molecule has 0 amide bonds. The van der Waals surface area contributed by atoms with E-state index in [0.717, 1.165) is 5.56 Å². The van der Waals surface area contributed by atoms with E-state index >= 15 is 0 Å². The molecule has 0 saturated carbocycles. The minimum atomic E-state index is -1.33. The molecule has 0 bridgehead atoms. The van der Waals surface area contributed by atoms with Gasteiger partial charge in [0.2, 0.25) is 0 Å². The van der Waals surface area contributed by atoms with Crippen molar-refractivity contribution in [1.82, 2.24) is 0 Å². The zero-order chi connectivity index (χ0) is 12.3. The number of carboxylic acids is 1. The van der Waals surface area contributed by atoms with Gasteiger partial charge in [0.25, 0.3) is 0 Å².